The number of fused-ring (bicyclic) bond motifs is 1. The second-order valence-electron chi connectivity index (χ2n) is 8.77. The summed E-state index contributed by atoms with van der Waals surface area (Å²) in [6, 6.07) is 12.7. The van der Waals surface area contributed by atoms with Crippen LogP contribution in [-0.2, 0) is 6.42 Å². The third-order valence-corrected chi connectivity index (χ3v) is 5.26. The van der Waals surface area contributed by atoms with Crippen molar-refractivity contribution in [3.05, 3.63) is 70.8 Å². The maximum Gasteiger partial charge on any atom is 0.251 e. The van der Waals surface area contributed by atoms with Gasteiger partial charge in [-0.25, -0.2) is 0 Å². The van der Waals surface area contributed by atoms with E-state index in [4.69, 9.17) is 4.74 Å². The fourth-order valence-corrected chi connectivity index (χ4v) is 3.65. The van der Waals surface area contributed by atoms with E-state index in [9.17, 15) is 9.59 Å². The van der Waals surface area contributed by atoms with Crippen molar-refractivity contribution in [2.24, 2.45) is 0 Å². The Balaban J connectivity index is 1.79. The molecule has 0 fully saturated rings. The fourth-order valence-electron chi connectivity index (χ4n) is 3.65. The zero-order valence-corrected chi connectivity index (χ0v) is 18.9. The molecule has 1 heterocycles. The molecule has 0 atom stereocenters. The smallest absolute Gasteiger partial charge is 0.251 e. The van der Waals surface area contributed by atoms with E-state index in [1.165, 1.54) is 5.56 Å². The van der Waals surface area contributed by atoms with Crippen molar-refractivity contribution in [3.8, 4) is 5.75 Å². The molecular weight excluding hydrogens is 390 g/mol. The Morgan fingerprint density at radius 1 is 1.13 bits per heavy atom. The fraction of sp³-hybridized carbons (Fsp3) is 0.360. The second-order valence-corrected chi connectivity index (χ2v) is 8.77. The first-order chi connectivity index (χ1) is 14.7. The van der Waals surface area contributed by atoms with Crippen molar-refractivity contribution in [2.45, 2.75) is 25.8 Å². The van der Waals surface area contributed by atoms with E-state index in [1.54, 1.807) is 37.5 Å². The molecule has 0 saturated heterocycles. The first kappa shape index (κ1) is 22.6. The number of nitrogens with zero attached hydrogens (tertiary/aromatic N) is 1. The van der Waals surface area contributed by atoms with Crippen LogP contribution in [0.25, 0.3) is 5.70 Å². The number of benzene rings is 2. The summed E-state index contributed by atoms with van der Waals surface area (Å²) in [5, 5.41) is 6.36. The lowest BCUT2D eigenvalue weighted by Crippen LogP contribution is -2.43. The van der Waals surface area contributed by atoms with Crippen LogP contribution >= 0.6 is 0 Å². The van der Waals surface area contributed by atoms with Crippen LogP contribution in [0.3, 0.4) is 0 Å². The summed E-state index contributed by atoms with van der Waals surface area (Å²) in [6.45, 7) is 5.57. The monoisotopic (exact) mass is 421 g/mol. The van der Waals surface area contributed by atoms with Gasteiger partial charge in [-0.05, 0) is 64.2 Å². The van der Waals surface area contributed by atoms with Gasteiger partial charge in [0, 0.05) is 47.1 Å². The molecule has 3 rings (SSSR count). The number of amides is 1. The highest BCUT2D eigenvalue weighted by molar-refractivity contribution is 6.09. The van der Waals surface area contributed by atoms with Crippen LogP contribution in [0.5, 0.6) is 5.75 Å². The Labute approximate surface area is 184 Å². The molecule has 0 bridgehead atoms. The molecule has 0 radical (unpaired) electrons. The van der Waals surface area contributed by atoms with Gasteiger partial charge < -0.3 is 20.3 Å². The van der Waals surface area contributed by atoms with Crippen LogP contribution in [-0.4, -0.2) is 56.4 Å². The Hall–Kier alpha value is -3.12. The number of hydrogen-bond donors (Lipinski definition) is 2. The van der Waals surface area contributed by atoms with Crippen molar-refractivity contribution in [1.29, 1.82) is 0 Å². The molecule has 1 amide bonds. The zero-order chi connectivity index (χ0) is 22.6. The lowest BCUT2D eigenvalue weighted by molar-refractivity contribution is 0.0949. The Morgan fingerprint density at radius 2 is 1.81 bits per heavy atom. The molecule has 6 heteroatoms. The van der Waals surface area contributed by atoms with Gasteiger partial charge in [-0.2, -0.15) is 0 Å². The summed E-state index contributed by atoms with van der Waals surface area (Å²) < 4.78 is 5.37. The number of hydrogen-bond acceptors (Lipinski definition) is 5. The average Bonchev–Trinajstić information content (AvgIpc) is 2.72. The lowest BCUT2D eigenvalue weighted by atomic mass is 9.85. The van der Waals surface area contributed by atoms with Gasteiger partial charge in [-0.15, -0.1) is 0 Å². The number of methoxy groups -OCH3 is 1. The Kier molecular flexibility index (Phi) is 6.81. The maximum atomic E-state index is 13.0. The number of carbonyl (C=O) groups is 2. The predicted octanol–water partition coefficient (Wildman–Crippen LogP) is 3.13. The van der Waals surface area contributed by atoms with Crippen molar-refractivity contribution >= 4 is 17.4 Å². The molecule has 2 aromatic rings. The van der Waals surface area contributed by atoms with E-state index in [1.807, 2.05) is 31.1 Å². The molecule has 0 saturated carbocycles. The Bertz CT molecular complexity index is 992. The maximum absolute atomic E-state index is 13.0. The number of ether oxygens (including phenoxy) is 1. The number of allylic oxidation sites excluding steroid dienone is 1. The summed E-state index contributed by atoms with van der Waals surface area (Å²) >= 11 is 0. The van der Waals surface area contributed by atoms with Crippen LogP contribution < -0.4 is 15.4 Å². The van der Waals surface area contributed by atoms with Gasteiger partial charge in [-0.3, -0.25) is 9.59 Å². The van der Waals surface area contributed by atoms with Crippen LogP contribution in [0.1, 0.15) is 45.7 Å². The molecule has 0 aliphatic carbocycles. The molecule has 31 heavy (non-hydrogen) atoms. The SMILES string of the molecule is COc1ccc2c(c1)C(=CC(=O)c1ccc(C(=O)NCCN(C)C)cc1)NC(C)(C)C2. The number of rotatable bonds is 7. The van der Waals surface area contributed by atoms with Gasteiger partial charge in [0.15, 0.2) is 5.78 Å². The summed E-state index contributed by atoms with van der Waals surface area (Å²) in [4.78, 5) is 27.2. The third-order valence-electron chi connectivity index (χ3n) is 5.26. The molecule has 1 aliphatic heterocycles. The molecule has 0 spiro atoms. The molecule has 6 nitrogen and oxygen atoms in total. The normalized spacial score (nSPS) is 15.9. The molecular formula is C25H31N3O3. The quantitative estimate of drug-likeness (QED) is 0.531. The van der Waals surface area contributed by atoms with E-state index >= 15 is 0 Å². The topological polar surface area (TPSA) is 70.7 Å². The van der Waals surface area contributed by atoms with Gasteiger partial charge in [-0.1, -0.05) is 18.2 Å². The minimum absolute atomic E-state index is 0.117. The summed E-state index contributed by atoms with van der Waals surface area (Å²) in [5.74, 6) is 0.493. The number of ketones is 1. The minimum Gasteiger partial charge on any atom is -0.497 e. The number of carbonyl (C=O) groups excluding carboxylic acids is 2. The molecule has 0 unspecified atom stereocenters. The van der Waals surface area contributed by atoms with E-state index in [0.717, 1.165) is 30.0 Å². The second kappa shape index (κ2) is 9.35. The first-order valence-corrected chi connectivity index (χ1v) is 10.4. The van der Waals surface area contributed by atoms with E-state index in [2.05, 4.69) is 30.5 Å². The summed E-state index contributed by atoms with van der Waals surface area (Å²) in [5.41, 5.74) is 3.84. The Morgan fingerprint density at radius 3 is 2.45 bits per heavy atom. The average molecular weight is 422 g/mol. The zero-order valence-electron chi connectivity index (χ0n) is 18.9. The van der Waals surface area contributed by atoms with Crippen molar-refractivity contribution in [1.82, 2.24) is 15.5 Å². The summed E-state index contributed by atoms with van der Waals surface area (Å²) in [6.07, 6.45) is 2.49. The number of likely N-dealkylation sites (N-methyl/N-ethyl adjacent to an activating group) is 1. The largest absolute Gasteiger partial charge is 0.497 e. The van der Waals surface area contributed by atoms with Crippen LogP contribution in [0.15, 0.2) is 48.5 Å². The van der Waals surface area contributed by atoms with Gasteiger partial charge in [0.2, 0.25) is 0 Å². The van der Waals surface area contributed by atoms with Gasteiger partial charge in [0.25, 0.3) is 5.91 Å². The van der Waals surface area contributed by atoms with E-state index in [-0.39, 0.29) is 17.2 Å². The third kappa shape index (κ3) is 5.73. The minimum atomic E-state index is -0.164. The molecule has 2 aromatic carbocycles. The first-order valence-electron chi connectivity index (χ1n) is 10.4. The highest BCUT2D eigenvalue weighted by atomic mass is 16.5. The molecule has 1 aliphatic rings. The highest BCUT2D eigenvalue weighted by Gasteiger charge is 2.28. The van der Waals surface area contributed by atoms with Gasteiger partial charge in [0.1, 0.15) is 5.75 Å². The molecule has 2 N–H and O–H groups in total. The lowest BCUT2D eigenvalue weighted by Gasteiger charge is -2.35. The van der Waals surface area contributed by atoms with Crippen LogP contribution in [0.4, 0.5) is 0 Å². The van der Waals surface area contributed by atoms with E-state index < -0.39 is 0 Å². The summed E-state index contributed by atoms with van der Waals surface area (Å²) in [7, 11) is 5.55. The standard InChI is InChI=1S/C25H31N3O3/c1-25(2)16-19-10-11-20(31-5)14-21(19)22(27-25)15-23(29)17-6-8-18(9-7-17)24(30)26-12-13-28(3)4/h6-11,14-15,27H,12-13,16H2,1-5H3,(H,26,30). The number of nitrogens with one attached hydrogen (secondary N) is 2. The van der Waals surface area contributed by atoms with Crippen molar-refractivity contribution in [2.75, 3.05) is 34.3 Å². The molecule has 0 aromatic heterocycles. The van der Waals surface area contributed by atoms with Crippen molar-refractivity contribution < 1.29 is 14.3 Å². The highest BCUT2D eigenvalue weighted by Crippen LogP contribution is 2.32. The van der Waals surface area contributed by atoms with E-state index in [0.29, 0.717) is 17.7 Å². The molecule has 164 valence electrons. The predicted molar refractivity (Wildman–Crippen MR) is 124 cm³/mol. The van der Waals surface area contributed by atoms with Crippen LogP contribution in [0.2, 0.25) is 0 Å². The van der Waals surface area contributed by atoms with Crippen molar-refractivity contribution in [3.63, 3.8) is 0 Å². The van der Waals surface area contributed by atoms with Gasteiger partial charge >= 0.3 is 0 Å². The van der Waals surface area contributed by atoms with Gasteiger partial charge in [0.05, 0.1) is 7.11 Å². The van der Waals surface area contributed by atoms with Crippen LogP contribution in [0, 0.1) is 0 Å².